The van der Waals surface area contributed by atoms with E-state index in [2.05, 4.69) is 5.32 Å². The van der Waals surface area contributed by atoms with Crippen molar-refractivity contribution in [1.82, 2.24) is 5.32 Å². The van der Waals surface area contributed by atoms with E-state index in [1.165, 1.54) is 18.2 Å². The topological polar surface area (TPSA) is 78.8 Å². The zero-order valence-electron chi connectivity index (χ0n) is 10.4. The minimum Gasteiger partial charge on any atom is -0.506 e. The van der Waals surface area contributed by atoms with Crippen LogP contribution in [0.1, 0.15) is 23.2 Å². The fraction of sp³-hybridized carbons (Fsp3) is 0.462. The monoisotopic (exact) mass is 285 g/mol. The third kappa shape index (κ3) is 3.18. The van der Waals surface area contributed by atoms with Gasteiger partial charge in [-0.1, -0.05) is 11.6 Å². The van der Waals surface area contributed by atoms with Crippen LogP contribution >= 0.6 is 11.6 Å². The number of nitrogens with one attached hydrogen (secondary N) is 1. The number of hydrogen-bond acceptors (Lipinski definition) is 4. The molecule has 0 unspecified atom stereocenters. The van der Waals surface area contributed by atoms with Crippen LogP contribution in [0.3, 0.4) is 0 Å². The summed E-state index contributed by atoms with van der Waals surface area (Å²) in [5.41, 5.74) is -0.290. The van der Waals surface area contributed by atoms with Crippen molar-refractivity contribution in [2.75, 3.05) is 19.8 Å². The second-order valence-electron chi connectivity index (χ2n) is 4.67. The predicted octanol–water partition coefficient (Wildman–Crippen LogP) is 1.32. The number of ether oxygens (including phenoxy) is 1. The van der Waals surface area contributed by atoms with E-state index in [0.717, 1.165) is 0 Å². The molecule has 6 heteroatoms. The number of phenolic OH excluding ortho intramolecular Hbond substituents is 1. The van der Waals surface area contributed by atoms with E-state index in [-0.39, 0.29) is 23.3 Å². The lowest BCUT2D eigenvalue weighted by atomic mass is 9.90. The largest absolute Gasteiger partial charge is 0.506 e. The molecule has 5 nitrogen and oxygen atoms in total. The molecule has 0 radical (unpaired) electrons. The first-order chi connectivity index (χ1) is 9.06. The zero-order valence-corrected chi connectivity index (χ0v) is 11.1. The first-order valence-corrected chi connectivity index (χ1v) is 6.44. The van der Waals surface area contributed by atoms with Gasteiger partial charge >= 0.3 is 0 Å². The Kier molecular flexibility index (Phi) is 4.29. The molecule has 104 valence electrons. The molecule has 1 aromatic carbocycles. The lowest BCUT2D eigenvalue weighted by Crippen LogP contribution is -2.54. The van der Waals surface area contributed by atoms with Crippen molar-refractivity contribution in [3.63, 3.8) is 0 Å². The maximum atomic E-state index is 12.1. The molecule has 1 aliphatic heterocycles. The normalized spacial score (nSPS) is 18.0. The van der Waals surface area contributed by atoms with Crippen molar-refractivity contribution in [2.45, 2.75) is 18.4 Å². The second-order valence-corrected chi connectivity index (χ2v) is 5.08. The summed E-state index contributed by atoms with van der Waals surface area (Å²) in [6.07, 6.45) is 1.14. The molecule has 2 rings (SSSR count). The summed E-state index contributed by atoms with van der Waals surface area (Å²) in [5.74, 6) is -0.390. The van der Waals surface area contributed by atoms with Crippen molar-refractivity contribution in [3.8, 4) is 5.75 Å². The molecule has 0 bridgehead atoms. The Labute approximate surface area is 116 Å². The number of phenols is 1. The van der Waals surface area contributed by atoms with Gasteiger partial charge in [-0.15, -0.1) is 0 Å². The van der Waals surface area contributed by atoms with E-state index < -0.39 is 5.54 Å². The molecule has 0 atom stereocenters. The van der Waals surface area contributed by atoms with Crippen molar-refractivity contribution in [1.29, 1.82) is 0 Å². The van der Waals surface area contributed by atoms with Gasteiger partial charge in [0.2, 0.25) is 0 Å². The van der Waals surface area contributed by atoms with Crippen LogP contribution in [0.4, 0.5) is 0 Å². The number of aliphatic hydroxyl groups excluding tert-OH is 1. The minimum absolute atomic E-state index is 0.0684. The Balaban J connectivity index is 2.12. The number of amides is 1. The minimum atomic E-state index is -0.639. The van der Waals surface area contributed by atoms with E-state index in [1.807, 2.05) is 0 Å². The van der Waals surface area contributed by atoms with Gasteiger partial charge in [-0.3, -0.25) is 4.79 Å². The van der Waals surface area contributed by atoms with E-state index in [1.54, 1.807) is 0 Å². The zero-order chi connectivity index (χ0) is 13.9. The molecule has 19 heavy (non-hydrogen) atoms. The van der Waals surface area contributed by atoms with Crippen LogP contribution in [-0.4, -0.2) is 41.5 Å². The molecule has 1 fully saturated rings. The van der Waals surface area contributed by atoms with Gasteiger partial charge in [0.1, 0.15) is 5.75 Å². The lowest BCUT2D eigenvalue weighted by molar-refractivity contribution is 0.0125. The molecular formula is C13H16ClNO4. The van der Waals surface area contributed by atoms with Crippen LogP contribution < -0.4 is 5.32 Å². The van der Waals surface area contributed by atoms with Gasteiger partial charge in [0.05, 0.1) is 17.2 Å². The van der Waals surface area contributed by atoms with Crippen molar-refractivity contribution in [2.24, 2.45) is 0 Å². The summed E-state index contributed by atoms with van der Waals surface area (Å²) in [7, 11) is 0. The van der Waals surface area contributed by atoms with Crippen LogP contribution in [0.25, 0.3) is 0 Å². The predicted molar refractivity (Wildman–Crippen MR) is 70.5 cm³/mol. The summed E-state index contributed by atoms with van der Waals surface area (Å²) in [4.78, 5) is 12.1. The summed E-state index contributed by atoms with van der Waals surface area (Å²) < 4.78 is 5.23. The molecule has 0 aliphatic carbocycles. The molecular weight excluding hydrogens is 270 g/mol. The number of carbonyl (C=O) groups excluding carboxylic acids is 1. The average molecular weight is 286 g/mol. The van der Waals surface area contributed by atoms with Crippen LogP contribution in [0.15, 0.2) is 18.2 Å². The third-order valence-electron chi connectivity index (χ3n) is 3.34. The van der Waals surface area contributed by atoms with Gasteiger partial charge in [-0.25, -0.2) is 0 Å². The maximum absolute atomic E-state index is 12.1. The van der Waals surface area contributed by atoms with Crippen LogP contribution in [0.5, 0.6) is 5.75 Å². The average Bonchev–Trinajstić information content (AvgIpc) is 2.43. The Morgan fingerprint density at radius 2 is 2.11 bits per heavy atom. The van der Waals surface area contributed by atoms with Gasteiger partial charge in [-0.05, 0) is 31.0 Å². The standard InChI is InChI=1S/C13H16ClNO4/c14-10-7-9(1-2-11(10)17)12(18)15-13(8-16)3-5-19-6-4-13/h1-2,7,16-17H,3-6,8H2,(H,15,18). The van der Waals surface area contributed by atoms with Gasteiger partial charge in [0.15, 0.2) is 0 Å². The van der Waals surface area contributed by atoms with E-state index >= 15 is 0 Å². The highest BCUT2D eigenvalue weighted by Crippen LogP contribution is 2.25. The Morgan fingerprint density at radius 3 is 2.68 bits per heavy atom. The highest BCUT2D eigenvalue weighted by molar-refractivity contribution is 6.32. The number of benzene rings is 1. The summed E-state index contributed by atoms with van der Waals surface area (Å²) in [5, 5.41) is 21.8. The molecule has 0 aromatic heterocycles. The van der Waals surface area contributed by atoms with Gasteiger partial charge in [0.25, 0.3) is 5.91 Å². The van der Waals surface area contributed by atoms with Gasteiger partial charge in [0, 0.05) is 18.8 Å². The summed E-state index contributed by atoms with van der Waals surface area (Å²) >= 11 is 5.77. The van der Waals surface area contributed by atoms with E-state index in [9.17, 15) is 15.0 Å². The molecule has 0 saturated carbocycles. The molecule has 1 heterocycles. The molecule has 1 aromatic rings. The molecule has 1 aliphatic rings. The van der Waals surface area contributed by atoms with Crippen molar-refractivity contribution >= 4 is 17.5 Å². The molecule has 1 amide bonds. The first kappa shape index (κ1) is 14.1. The number of aliphatic hydroxyl groups is 1. The third-order valence-corrected chi connectivity index (χ3v) is 3.64. The number of hydrogen-bond donors (Lipinski definition) is 3. The Bertz CT molecular complexity index is 472. The first-order valence-electron chi connectivity index (χ1n) is 6.06. The van der Waals surface area contributed by atoms with Gasteiger partial charge in [-0.2, -0.15) is 0 Å². The van der Waals surface area contributed by atoms with E-state index in [0.29, 0.717) is 31.6 Å². The Morgan fingerprint density at radius 1 is 1.42 bits per heavy atom. The van der Waals surface area contributed by atoms with Crippen molar-refractivity contribution < 1.29 is 19.7 Å². The fourth-order valence-corrected chi connectivity index (χ4v) is 2.23. The number of carbonyl (C=O) groups is 1. The number of rotatable bonds is 3. The summed E-state index contributed by atoms with van der Waals surface area (Å²) in [6.45, 7) is 0.891. The highest BCUT2D eigenvalue weighted by atomic mass is 35.5. The summed E-state index contributed by atoms with van der Waals surface area (Å²) in [6, 6.07) is 4.25. The maximum Gasteiger partial charge on any atom is 0.251 e. The number of aromatic hydroxyl groups is 1. The molecule has 3 N–H and O–H groups in total. The fourth-order valence-electron chi connectivity index (χ4n) is 2.05. The van der Waals surface area contributed by atoms with Gasteiger partial charge < -0.3 is 20.3 Å². The SMILES string of the molecule is O=C(NC1(CO)CCOCC1)c1ccc(O)c(Cl)c1. The Hall–Kier alpha value is -1.30. The highest BCUT2D eigenvalue weighted by Gasteiger charge is 2.33. The van der Waals surface area contributed by atoms with Crippen LogP contribution in [0, 0.1) is 0 Å². The van der Waals surface area contributed by atoms with E-state index in [4.69, 9.17) is 16.3 Å². The van der Waals surface area contributed by atoms with Crippen LogP contribution in [0.2, 0.25) is 5.02 Å². The second kappa shape index (κ2) is 5.77. The lowest BCUT2D eigenvalue weighted by Gasteiger charge is -2.36. The number of halogens is 1. The molecule has 1 saturated heterocycles. The smallest absolute Gasteiger partial charge is 0.251 e. The quantitative estimate of drug-likeness (QED) is 0.782. The molecule has 0 spiro atoms. The van der Waals surface area contributed by atoms with Crippen LogP contribution in [-0.2, 0) is 4.74 Å². The van der Waals surface area contributed by atoms with Crippen molar-refractivity contribution in [3.05, 3.63) is 28.8 Å².